The summed E-state index contributed by atoms with van der Waals surface area (Å²) in [5.74, 6) is -0.674. The summed E-state index contributed by atoms with van der Waals surface area (Å²) in [7, 11) is 0. The van der Waals surface area contributed by atoms with Gasteiger partial charge in [0.25, 0.3) is 0 Å². The minimum absolute atomic E-state index is 0.166. The van der Waals surface area contributed by atoms with Crippen LogP contribution in [0.3, 0.4) is 0 Å². The molecule has 10 nitrogen and oxygen atoms in total. The molecule has 0 aliphatic heterocycles. The van der Waals surface area contributed by atoms with Crippen molar-refractivity contribution in [1.82, 2.24) is 9.88 Å². The van der Waals surface area contributed by atoms with Gasteiger partial charge in [-0.2, -0.15) is 0 Å². The Morgan fingerprint density at radius 1 is 1.07 bits per heavy atom. The topological polar surface area (TPSA) is 137 Å². The summed E-state index contributed by atoms with van der Waals surface area (Å²) in [6.07, 6.45) is -2.58. The van der Waals surface area contributed by atoms with Gasteiger partial charge >= 0.3 is 18.3 Å². The Kier molecular flexibility index (Phi) is 7.70. The average molecular weight is 381 g/mol. The van der Waals surface area contributed by atoms with E-state index in [2.05, 4.69) is 4.98 Å². The molecule has 1 aromatic rings. The lowest BCUT2D eigenvalue weighted by Crippen LogP contribution is -2.40. The van der Waals surface area contributed by atoms with Gasteiger partial charge in [-0.3, -0.25) is 9.69 Å². The lowest BCUT2D eigenvalue weighted by Gasteiger charge is -2.26. The molecule has 0 radical (unpaired) electrons. The van der Waals surface area contributed by atoms with Crippen LogP contribution in [0.25, 0.3) is 0 Å². The summed E-state index contributed by atoms with van der Waals surface area (Å²) in [5, 5.41) is 17.5. The van der Waals surface area contributed by atoms with Crippen LogP contribution in [-0.2, 0) is 9.53 Å². The van der Waals surface area contributed by atoms with Crippen LogP contribution in [-0.4, -0.2) is 56.4 Å². The van der Waals surface area contributed by atoms with Gasteiger partial charge in [0, 0.05) is 19.2 Å². The molecule has 0 unspecified atom stereocenters. The van der Waals surface area contributed by atoms with Gasteiger partial charge < -0.3 is 14.9 Å². The number of carboxylic acid groups (broad SMARTS) is 2. The van der Waals surface area contributed by atoms with Crippen LogP contribution in [0, 0.1) is 0 Å². The number of nitrogens with zero attached hydrogens (tertiary/aromatic N) is 3. The van der Waals surface area contributed by atoms with Crippen LogP contribution in [0.15, 0.2) is 24.4 Å². The normalized spacial score (nSPS) is 10.8. The van der Waals surface area contributed by atoms with Crippen LogP contribution in [0.1, 0.15) is 40.0 Å². The number of rotatable bonds is 6. The van der Waals surface area contributed by atoms with Gasteiger partial charge in [0.05, 0.1) is 0 Å². The second kappa shape index (κ2) is 9.51. The van der Waals surface area contributed by atoms with E-state index in [9.17, 15) is 19.2 Å². The zero-order chi connectivity index (χ0) is 20.6. The molecule has 10 heteroatoms. The number of anilines is 1. The zero-order valence-corrected chi connectivity index (χ0v) is 15.4. The fourth-order valence-electron chi connectivity index (χ4n) is 2.08. The third-order valence-corrected chi connectivity index (χ3v) is 3.19. The van der Waals surface area contributed by atoms with Gasteiger partial charge in [0.2, 0.25) is 5.91 Å². The molecule has 148 valence electrons. The Balaban J connectivity index is 2.70. The summed E-state index contributed by atoms with van der Waals surface area (Å²) in [6, 6.07) is 5.04. The van der Waals surface area contributed by atoms with Gasteiger partial charge in [0.1, 0.15) is 11.4 Å². The van der Waals surface area contributed by atoms with Crippen molar-refractivity contribution in [2.24, 2.45) is 0 Å². The van der Waals surface area contributed by atoms with Crippen molar-refractivity contribution in [3.63, 3.8) is 0 Å². The SMILES string of the molecule is CC(C)(C)OC(=O)N(CCCCC(=O)N(C(=O)O)C(=O)O)c1ccccn1. The first-order chi connectivity index (χ1) is 12.5. The Labute approximate surface area is 156 Å². The molecule has 0 spiro atoms. The van der Waals surface area contributed by atoms with E-state index in [-0.39, 0.29) is 24.3 Å². The standard InChI is InChI=1S/C17H23N3O7/c1-17(2,3)27-16(26)19(12-8-4-6-10-18-12)11-7-5-9-13(21)20(14(22)23)15(24)25/h4,6,8,10H,5,7,9,11H2,1-3H3,(H,22,23)(H,24,25). The first-order valence-corrected chi connectivity index (χ1v) is 8.23. The van der Waals surface area contributed by atoms with E-state index in [1.807, 2.05) is 0 Å². The molecule has 27 heavy (non-hydrogen) atoms. The largest absolute Gasteiger partial charge is 0.464 e. The molecular weight excluding hydrogens is 358 g/mol. The van der Waals surface area contributed by atoms with E-state index >= 15 is 0 Å². The molecule has 0 aliphatic carbocycles. The summed E-state index contributed by atoms with van der Waals surface area (Å²) < 4.78 is 5.35. The second-order valence-corrected chi connectivity index (χ2v) is 6.57. The summed E-state index contributed by atoms with van der Waals surface area (Å²) in [5.41, 5.74) is -0.705. The third-order valence-electron chi connectivity index (χ3n) is 3.19. The maximum absolute atomic E-state index is 12.4. The predicted molar refractivity (Wildman–Crippen MR) is 94.6 cm³/mol. The van der Waals surface area contributed by atoms with Crippen molar-refractivity contribution < 1.29 is 34.1 Å². The van der Waals surface area contributed by atoms with E-state index < -0.39 is 29.8 Å². The first kappa shape index (κ1) is 21.9. The molecule has 2 N–H and O–H groups in total. The molecule has 1 heterocycles. The molecule has 1 aromatic heterocycles. The van der Waals surface area contributed by atoms with Crippen LogP contribution in [0.2, 0.25) is 0 Å². The summed E-state index contributed by atoms with van der Waals surface area (Å²) in [4.78, 5) is 50.8. The van der Waals surface area contributed by atoms with Gasteiger partial charge in [-0.05, 0) is 45.7 Å². The lowest BCUT2D eigenvalue weighted by molar-refractivity contribution is -0.127. The second-order valence-electron chi connectivity index (χ2n) is 6.57. The molecular formula is C17H23N3O7. The monoisotopic (exact) mass is 381 g/mol. The Morgan fingerprint density at radius 2 is 1.70 bits per heavy atom. The molecule has 0 saturated heterocycles. The van der Waals surface area contributed by atoms with Crippen molar-refractivity contribution in [2.45, 2.75) is 45.6 Å². The summed E-state index contributed by atoms with van der Waals surface area (Å²) >= 11 is 0. The van der Waals surface area contributed by atoms with Crippen molar-refractivity contribution in [3.05, 3.63) is 24.4 Å². The number of carbonyl (C=O) groups excluding carboxylic acids is 2. The number of amides is 4. The van der Waals surface area contributed by atoms with Gasteiger partial charge in [-0.25, -0.2) is 19.4 Å². The fourth-order valence-corrected chi connectivity index (χ4v) is 2.08. The molecule has 1 rings (SSSR count). The number of carbonyl (C=O) groups is 4. The van der Waals surface area contributed by atoms with E-state index in [0.29, 0.717) is 12.2 Å². The Hall–Kier alpha value is -3.17. The number of ether oxygens (including phenoxy) is 1. The van der Waals surface area contributed by atoms with Crippen molar-refractivity contribution in [3.8, 4) is 0 Å². The third kappa shape index (κ3) is 7.30. The van der Waals surface area contributed by atoms with Gasteiger partial charge in [-0.1, -0.05) is 6.07 Å². The maximum Gasteiger partial charge on any atom is 0.423 e. The van der Waals surface area contributed by atoms with Crippen LogP contribution >= 0.6 is 0 Å². The average Bonchev–Trinajstić information content (AvgIpc) is 2.53. The minimum atomic E-state index is -1.85. The van der Waals surface area contributed by atoms with Crippen molar-refractivity contribution >= 4 is 30.0 Å². The molecule has 0 bridgehead atoms. The Bertz CT molecular complexity index is 672. The molecule has 0 atom stereocenters. The highest BCUT2D eigenvalue weighted by molar-refractivity contribution is 6.05. The predicted octanol–water partition coefficient (Wildman–Crippen LogP) is 3.18. The maximum atomic E-state index is 12.4. The van der Waals surface area contributed by atoms with E-state index in [4.69, 9.17) is 14.9 Å². The fraction of sp³-hybridized carbons (Fsp3) is 0.471. The highest BCUT2D eigenvalue weighted by Gasteiger charge is 2.28. The van der Waals surface area contributed by atoms with Crippen LogP contribution in [0.4, 0.5) is 20.2 Å². The molecule has 0 fully saturated rings. The molecule has 4 amide bonds. The number of pyridine rings is 1. The summed E-state index contributed by atoms with van der Waals surface area (Å²) in [6.45, 7) is 5.35. The van der Waals surface area contributed by atoms with Crippen molar-refractivity contribution in [1.29, 1.82) is 0 Å². The first-order valence-electron chi connectivity index (χ1n) is 8.23. The van der Waals surface area contributed by atoms with Gasteiger partial charge in [0.15, 0.2) is 0 Å². The number of unbranched alkanes of at least 4 members (excludes halogenated alkanes) is 1. The van der Waals surface area contributed by atoms with E-state index in [1.165, 1.54) is 11.1 Å². The van der Waals surface area contributed by atoms with E-state index in [1.54, 1.807) is 39.0 Å². The number of hydrogen-bond acceptors (Lipinski definition) is 6. The quantitative estimate of drug-likeness (QED) is 0.717. The highest BCUT2D eigenvalue weighted by atomic mass is 16.6. The van der Waals surface area contributed by atoms with Crippen molar-refractivity contribution in [2.75, 3.05) is 11.4 Å². The van der Waals surface area contributed by atoms with Crippen LogP contribution in [0.5, 0.6) is 0 Å². The highest BCUT2D eigenvalue weighted by Crippen LogP contribution is 2.17. The Morgan fingerprint density at radius 3 is 2.19 bits per heavy atom. The molecule has 0 saturated carbocycles. The van der Waals surface area contributed by atoms with Gasteiger partial charge in [-0.15, -0.1) is 4.90 Å². The number of hydrogen-bond donors (Lipinski definition) is 2. The molecule has 0 aliphatic rings. The number of aromatic nitrogens is 1. The zero-order valence-electron chi connectivity index (χ0n) is 15.4. The van der Waals surface area contributed by atoms with E-state index in [0.717, 1.165) is 0 Å². The van der Waals surface area contributed by atoms with Crippen LogP contribution < -0.4 is 4.90 Å². The lowest BCUT2D eigenvalue weighted by atomic mass is 10.2. The number of imide groups is 3. The smallest absolute Gasteiger partial charge is 0.423 e. The molecule has 0 aromatic carbocycles. The minimum Gasteiger partial charge on any atom is -0.464 e.